The Morgan fingerprint density at radius 3 is 2.53 bits per heavy atom. The van der Waals surface area contributed by atoms with Gasteiger partial charge in [-0.1, -0.05) is 63.1 Å². The minimum absolute atomic E-state index is 0.0236. The number of para-hydroxylation sites is 1. The van der Waals surface area contributed by atoms with Crippen molar-refractivity contribution < 1.29 is 4.79 Å². The molecule has 0 saturated carbocycles. The fourth-order valence-corrected chi connectivity index (χ4v) is 4.54. The second-order valence-electron chi connectivity index (χ2n) is 9.05. The van der Waals surface area contributed by atoms with E-state index in [4.69, 9.17) is 5.73 Å². The van der Waals surface area contributed by atoms with Crippen LogP contribution < -0.4 is 16.0 Å². The van der Waals surface area contributed by atoms with E-state index in [0.717, 1.165) is 12.8 Å². The smallest absolute Gasteiger partial charge is 0.252 e. The Morgan fingerprint density at radius 2 is 1.75 bits per heavy atom. The highest BCUT2D eigenvalue weighted by atomic mass is 16.1. The molecule has 174 valence electrons. The van der Waals surface area contributed by atoms with Crippen LogP contribution in [0.15, 0.2) is 48.8 Å². The summed E-state index contributed by atoms with van der Waals surface area (Å²) in [6.07, 6.45) is 17.0. The van der Waals surface area contributed by atoms with Crippen molar-refractivity contribution in [3.05, 3.63) is 59.9 Å². The van der Waals surface area contributed by atoms with E-state index in [1.807, 2.05) is 0 Å². The van der Waals surface area contributed by atoms with Crippen molar-refractivity contribution in [3.8, 4) is 0 Å². The number of carbonyl (C=O) groups is 1. The third-order valence-corrected chi connectivity index (χ3v) is 6.41. The molecule has 2 heterocycles. The second kappa shape index (κ2) is 13.9. The monoisotopic (exact) mass is 436 g/mol. The average Bonchev–Trinajstić information content (AvgIpc) is 2.84. The summed E-state index contributed by atoms with van der Waals surface area (Å²) in [6, 6.07) is 12.5. The normalized spacial score (nSPS) is 14.1. The fraction of sp³-hybridized carbons (Fsp3) is 0.556. The molecule has 32 heavy (non-hydrogen) atoms. The predicted octanol–water partition coefficient (Wildman–Crippen LogP) is 5.10. The van der Waals surface area contributed by atoms with Gasteiger partial charge in [0.1, 0.15) is 0 Å². The highest BCUT2D eigenvalue weighted by molar-refractivity contribution is 5.93. The molecular formula is C27H40N4O. The topological polar surface area (TPSA) is 71.2 Å². The summed E-state index contributed by atoms with van der Waals surface area (Å²) >= 11 is 0. The SMILES string of the molecule is NC(CCCCCCCCCCN1CCCc2ccccc21)CNC(=O)c1cccnc1. The first kappa shape index (κ1) is 24.2. The van der Waals surface area contributed by atoms with Gasteiger partial charge in [0.15, 0.2) is 0 Å². The third kappa shape index (κ3) is 8.27. The van der Waals surface area contributed by atoms with Crippen molar-refractivity contribution in [3.63, 3.8) is 0 Å². The van der Waals surface area contributed by atoms with Crippen LogP contribution in [0.2, 0.25) is 0 Å². The molecule has 1 aromatic heterocycles. The molecule has 5 heteroatoms. The van der Waals surface area contributed by atoms with E-state index in [0.29, 0.717) is 12.1 Å². The van der Waals surface area contributed by atoms with E-state index in [1.54, 1.807) is 24.5 Å². The van der Waals surface area contributed by atoms with Gasteiger partial charge in [0, 0.05) is 43.8 Å². The van der Waals surface area contributed by atoms with Gasteiger partial charge in [-0.05, 0) is 49.4 Å². The lowest BCUT2D eigenvalue weighted by atomic mass is 10.0. The Labute approximate surface area is 193 Å². The van der Waals surface area contributed by atoms with Crippen LogP contribution in [0.1, 0.15) is 80.1 Å². The number of aryl methyl sites for hydroxylation is 1. The van der Waals surface area contributed by atoms with Gasteiger partial charge in [-0.3, -0.25) is 9.78 Å². The number of hydrogen-bond acceptors (Lipinski definition) is 4. The van der Waals surface area contributed by atoms with Crippen LogP contribution in [-0.4, -0.2) is 36.6 Å². The number of aromatic nitrogens is 1. The largest absolute Gasteiger partial charge is 0.371 e. The Hall–Kier alpha value is -2.40. The maximum atomic E-state index is 12.0. The zero-order valence-corrected chi connectivity index (χ0v) is 19.5. The summed E-state index contributed by atoms with van der Waals surface area (Å²) in [6.45, 7) is 2.94. The Bertz CT molecular complexity index is 795. The van der Waals surface area contributed by atoms with Crippen molar-refractivity contribution in [1.29, 1.82) is 0 Å². The lowest BCUT2D eigenvalue weighted by Gasteiger charge is -2.31. The minimum atomic E-state index is -0.0990. The number of fused-ring (bicyclic) bond motifs is 1. The van der Waals surface area contributed by atoms with Gasteiger partial charge in [-0.2, -0.15) is 0 Å². The molecule has 3 N–H and O–H groups in total. The van der Waals surface area contributed by atoms with Gasteiger partial charge >= 0.3 is 0 Å². The summed E-state index contributed by atoms with van der Waals surface area (Å²) in [7, 11) is 0. The molecule has 0 bridgehead atoms. The van der Waals surface area contributed by atoms with E-state index >= 15 is 0 Å². The summed E-state index contributed by atoms with van der Waals surface area (Å²) in [5, 5.41) is 2.90. The minimum Gasteiger partial charge on any atom is -0.371 e. The van der Waals surface area contributed by atoms with Crippen LogP contribution in [0.25, 0.3) is 0 Å². The number of carbonyl (C=O) groups excluding carboxylic acids is 1. The van der Waals surface area contributed by atoms with Gasteiger partial charge in [-0.25, -0.2) is 0 Å². The highest BCUT2D eigenvalue weighted by Crippen LogP contribution is 2.26. The first-order valence-electron chi connectivity index (χ1n) is 12.5. The molecule has 1 aromatic carbocycles. The first-order chi connectivity index (χ1) is 15.7. The van der Waals surface area contributed by atoms with E-state index in [1.165, 1.54) is 82.1 Å². The van der Waals surface area contributed by atoms with Crippen molar-refractivity contribution in [2.24, 2.45) is 5.73 Å². The molecule has 3 rings (SSSR count). The van der Waals surface area contributed by atoms with Crippen LogP contribution in [0.5, 0.6) is 0 Å². The summed E-state index contributed by atoms with van der Waals surface area (Å²) in [5.41, 5.74) is 9.73. The first-order valence-corrected chi connectivity index (χ1v) is 12.5. The van der Waals surface area contributed by atoms with Crippen LogP contribution in [0.4, 0.5) is 5.69 Å². The summed E-state index contributed by atoms with van der Waals surface area (Å²) < 4.78 is 0. The van der Waals surface area contributed by atoms with E-state index in [2.05, 4.69) is 39.5 Å². The van der Waals surface area contributed by atoms with Crippen LogP contribution in [0.3, 0.4) is 0 Å². The summed E-state index contributed by atoms with van der Waals surface area (Å²) in [5.74, 6) is -0.0990. The number of benzene rings is 1. The van der Waals surface area contributed by atoms with Gasteiger partial charge < -0.3 is 16.0 Å². The summed E-state index contributed by atoms with van der Waals surface area (Å²) in [4.78, 5) is 18.6. The van der Waals surface area contributed by atoms with Crippen LogP contribution >= 0.6 is 0 Å². The molecule has 1 unspecified atom stereocenters. The predicted molar refractivity (Wildman–Crippen MR) is 133 cm³/mol. The maximum Gasteiger partial charge on any atom is 0.252 e. The molecule has 1 atom stereocenters. The van der Waals surface area contributed by atoms with Gasteiger partial charge in [0.05, 0.1) is 5.56 Å². The van der Waals surface area contributed by atoms with Crippen LogP contribution in [-0.2, 0) is 6.42 Å². The third-order valence-electron chi connectivity index (χ3n) is 6.41. The van der Waals surface area contributed by atoms with Crippen molar-refractivity contribution in [2.45, 2.75) is 76.7 Å². The van der Waals surface area contributed by atoms with Crippen molar-refractivity contribution in [1.82, 2.24) is 10.3 Å². The fourth-order valence-electron chi connectivity index (χ4n) is 4.54. The number of anilines is 1. The molecule has 2 aromatic rings. The lowest BCUT2D eigenvalue weighted by molar-refractivity contribution is 0.0950. The molecule has 5 nitrogen and oxygen atoms in total. The van der Waals surface area contributed by atoms with Gasteiger partial charge in [-0.15, -0.1) is 0 Å². The lowest BCUT2D eigenvalue weighted by Crippen LogP contribution is -2.37. The van der Waals surface area contributed by atoms with Crippen LogP contribution in [0, 0.1) is 0 Å². The Balaban J connectivity index is 1.14. The number of pyridine rings is 1. The van der Waals surface area contributed by atoms with Gasteiger partial charge in [0.2, 0.25) is 0 Å². The van der Waals surface area contributed by atoms with E-state index in [9.17, 15) is 4.79 Å². The molecule has 0 spiro atoms. The number of rotatable bonds is 14. The number of hydrogen-bond donors (Lipinski definition) is 2. The molecule has 1 aliphatic rings. The quantitative estimate of drug-likeness (QED) is 0.404. The number of nitrogens with two attached hydrogens (primary N) is 1. The molecule has 0 fully saturated rings. The average molecular weight is 437 g/mol. The number of nitrogens with one attached hydrogen (secondary N) is 1. The van der Waals surface area contributed by atoms with Gasteiger partial charge in [0.25, 0.3) is 5.91 Å². The van der Waals surface area contributed by atoms with Crippen molar-refractivity contribution in [2.75, 3.05) is 24.5 Å². The van der Waals surface area contributed by atoms with E-state index < -0.39 is 0 Å². The number of unbranched alkanes of at least 4 members (excludes halogenated alkanes) is 7. The molecule has 0 radical (unpaired) electrons. The molecule has 0 aliphatic carbocycles. The Morgan fingerprint density at radius 1 is 1.00 bits per heavy atom. The molecule has 1 amide bonds. The van der Waals surface area contributed by atoms with Crippen molar-refractivity contribution >= 4 is 11.6 Å². The zero-order valence-electron chi connectivity index (χ0n) is 19.5. The zero-order chi connectivity index (χ0) is 22.4. The molecular weight excluding hydrogens is 396 g/mol. The maximum absolute atomic E-state index is 12.0. The molecule has 1 aliphatic heterocycles. The Kier molecular flexibility index (Phi) is 10.5. The standard InChI is InChI=1S/C27H40N4O/c28-25(22-30-27(32)24-14-11-18-29-21-24)16-7-5-3-1-2-4-6-10-19-31-20-12-15-23-13-8-9-17-26(23)31/h8-9,11,13-14,17-18,21,25H,1-7,10,12,15-16,19-20,22,28H2,(H,30,32). The number of nitrogens with zero attached hydrogens (tertiary/aromatic N) is 2. The van der Waals surface area contributed by atoms with E-state index in [-0.39, 0.29) is 11.9 Å². The highest BCUT2D eigenvalue weighted by Gasteiger charge is 2.15. The second-order valence-corrected chi connectivity index (χ2v) is 9.05. The number of amides is 1. The molecule has 0 saturated heterocycles.